The lowest BCUT2D eigenvalue weighted by molar-refractivity contribution is 0.751. The van der Waals surface area contributed by atoms with E-state index in [1.807, 2.05) is 54.9 Å². The maximum Gasteiger partial charge on any atom is 0.0426 e. The maximum atomic E-state index is 6.17. The van der Waals surface area contributed by atoms with Crippen molar-refractivity contribution in [2.24, 2.45) is 0 Å². The SMILES string of the molecule is Clc1cccc(N(CCc2ccccn2)CCc2ccccn2)c1. The average molecular weight is 338 g/mol. The van der Waals surface area contributed by atoms with E-state index in [0.717, 1.165) is 48.0 Å². The number of rotatable bonds is 7. The molecule has 122 valence electrons. The van der Waals surface area contributed by atoms with Crippen LogP contribution in [0.5, 0.6) is 0 Å². The zero-order valence-electron chi connectivity index (χ0n) is 13.5. The molecule has 0 radical (unpaired) electrons. The molecule has 0 saturated heterocycles. The summed E-state index contributed by atoms with van der Waals surface area (Å²) >= 11 is 6.17. The third-order valence-corrected chi connectivity index (χ3v) is 4.14. The fourth-order valence-corrected chi connectivity index (χ4v) is 2.82. The molecular formula is C20H20ClN3. The molecule has 3 rings (SSSR count). The number of nitrogens with zero attached hydrogens (tertiary/aromatic N) is 3. The van der Waals surface area contributed by atoms with Gasteiger partial charge in [0.15, 0.2) is 0 Å². The standard InChI is InChI=1S/C20H20ClN3/c21-17-6-5-9-20(16-17)24(14-10-18-7-1-3-12-22-18)15-11-19-8-2-4-13-23-19/h1-9,12-13,16H,10-11,14-15H2. The molecule has 0 N–H and O–H groups in total. The highest BCUT2D eigenvalue weighted by Crippen LogP contribution is 2.20. The minimum Gasteiger partial charge on any atom is -0.371 e. The number of pyridine rings is 2. The van der Waals surface area contributed by atoms with Gasteiger partial charge in [0.25, 0.3) is 0 Å². The Hall–Kier alpha value is -2.39. The van der Waals surface area contributed by atoms with E-state index in [1.165, 1.54) is 0 Å². The first-order valence-corrected chi connectivity index (χ1v) is 8.49. The summed E-state index contributed by atoms with van der Waals surface area (Å²) in [6, 6.07) is 20.1. The molecule has 1 aromatic carbocycles. The average Bonchev–Trinajstić information content (AvgIpc) is 2.63. The van der Waals surface area contributed by atoms with Gasteiger partial charge < -0.3 is 4.90 Å². The molecule has 0 amide bonds. The summed E-state index contributed by atoms with van der Waals surface area (Å²) < 4.78 is 0. The van der Waals surface area contributed by atoms with Crippen LogP contribution in [0.25, 0.3) is 0 Å². The summed E-state index contributed by atoms with van der Waals surface area (Å²) in [7, 11) is 0. The van der Waals surface area contributed by atoms with Crippen LogP contribution in [0.15, 0.2) is 73.1 Å². The number of hydrogen-bond acceptors (Lipinski definition) is 3. The second-order valence-electron chi connectivity index (χ2n) is 5.61. The van der Waals surface area contributed by atoms with Crippen molar-refractivity contribution < 1.29 is 0 Å². The first-order valence-electron chi connectivity index (χ1n) is 8.11. The Labute approximate surface area is 148 Å². The molecule has 0 aliphatic carbocycles. The Morgan fingerprint density at radius 1 is 0.750 bits per heavy atom. The van der Waals surface area contributed by atoms with Gasteiger partial charge in [0.1, 0.15) is 0 Å². The molecule has 0 unspecified atom stereocenters. The summed E-state index contributed by atoms with van der Waals surface area (Å²) in [6.45, 7) is 1.79. The van der Waals surface area contributed by atoms with E-state index in [4.69, 9.17) is 11.6 Å². The monoisotopic (exact) mass is 337 g/mol. The second kappa shape index (κ2) is 8.46. The Bertz CT molecular complexity index is 704. The number of aromatic nitrogens is 2. The maximum absolute atomic E-state index is 6.17. The Kier molecular flexibility index (Phi) is 5.80. The van der Waals surface area contributed by atoms with E-state index < -0.39 is 0 Å². The Balaban J connectivity index is 1.70. The van der Waals surface area contributed by atoms with E-state index in [0.29, 0.717) is 0 Å². The van der Waals surface area contributed by atoms with E-state index in [2.05, 4.69) is 33.1 Å². The summed E-state index contributed by atoms with van der Waals surface area (Å²) in [5, 5.41) is 0.758. The molecule has 0 spiro atoms. The molecule has 0 aliphatic rings. The van der Waals surface area contributed by atoms with Crippen molar-refractivity contribution >= 4 is 17.3 Å². The fourth-order valence-electron chi connectivity index (χ4n) is 2.63. The van der Waals surface area contributed by atoms with Gasteiger partial charge in [0.05, 0.1) is 0 Å². The highest BCUT2D eigenvalue weighted by molar-refractivity contribution is 6.30. The molecule has 3 aromatic rings. The van der Waals surface area contributed by atoms with Gasteiger partial charge in [-0.05, 0) is 42.5 Å². The zero-order chi connectivity index (χ0) is 16.6. The van der Waals surface area contributed by atoms with E-state index in [9.17, 15) is 0 Å². The van der Waals surface area contributed by atoms with Gasteiger partial charge in [-0.2, -0.15) is 0 Å². The molecule has 4 heteroatoms. The smallest absolute Gasteiger partial charge is 0.0426 e. The third-order valence-electron chi connectivity index (χ3n) is 3.90. The summed E-state index contributed by atoms with van der Waals surface area (Å²) in [5.41, 5.74) is 3.33. The van der Waals surface area contributed by atoms with Gasteiger partial charge in [0, 0.05) is 60.4 Å². The third kappa shape index (κ3) is 4.80. The Morgan fingerprint density at radius 2 is 1.38 bits per heavy atom. The van der Waals surface area contributed by atoms with Crippen molar-refractivity contribution in [2.75, 3.05) is 18.0 Å². The molecule has 0 fully saturated rings. The van der Waals surface area contributed by atoms with Crippen molar-refractivity contribution in [3.63, 3.8) is 0 Å². The van der Waals surface area contributed by atoms with Crippen LogP contribution < -0.4 is 4.90 Å². The van der Waals surface area contributed by atoms with Crippen LogP contribution in [0.4, 0.5) is 5.69 Å². The van der Waals surface area contributed by atoms with Crippen molar-refractivity contribution in [3.8, 4) is 0 Å². The lowest BCUT2D eigenvalue weighted by atomic mass is 10.2. The lowest BCUT2D eigenvalue weighted by Gasteiger charge is -2.25. The topological polar surface area (TPSA) is 29.0 Å². The largest absolute Gasteiger partial charge is 0.371 e. The van der Waals surface area contributed by atoms with Crippen LogP contribution >= 0.6 is 11.6 Å². The Morgan fingerprint density at radius 3 is 1.88 bits per heavy atom. The molecule has 0 atom stereocenters. The summed E-state index contributed by atoms with van der Waals surface area (Å²) in [4.78, 5) is 11.2. The van der Waals surface area contributed by atoms with Gasteiger partial charge >= 0.3 is 0 Å². The lowest BCUT2D eigenvalue weighted by Crippen LogP contribution is -2.28. The molecule has 0 bridgehead atoms. The highest BCUT2D eigenvalue weighted by Gasteiger charge is 2.08. The first kappa shape index (κ1) is 16.5. The molecule has 0 saturated carbocycles. The molecule has 2 aromatic heterocycles. The molecule has 2 heterocycles. The zero-order valence-corrected chi connectivity index (χ0v) is 14.2. The van der Waals surface area contributed by atoms with Crippen molar-refractivity contribution in [1.82, 2.24) is 9.97 Å². The molecular weight excluding hydrogens is 318 g/mol. The van der Waals surface area contributed by atoms with Crippen molar-refractivity contribution in [2.45, 2.75) is 12.8 Å². The van der Waals surface area contributed by atoms with E-state index in [-0.39, 0.29) is 0 Å². The van der Waals surface area contributed by atoms with Gasteiger partial charge in [-0.1, -0.05) is 29.8 Å². The number of halogens is 1. The number of hydrogen-bond donors (Lipinski definition) is 0. The molecule has 24 heavy (non-hydrogen) atoms. The van der Waals surface area contributed by atoms with Gasteiger partial charge in [-0.15, -0.1) is 0 Å². The molecule has 3 nitrogen and oxygen atoms in total. The minimum atomic E-state index is 0.758. The first-order chi connectivity index (χ1) is 11.8. The van der Waals surface area contributed by atoms with Gasteiger partial charge in [-0.25, -0.2) is 0 Å². The minimum absolute atomic E-state index is 0.758. The second-order valence-corrected chi connectivity index (χ2v) is 6.05. The van der Waals surface area contributed by atoms with Crippen LogP contribution in [0, 0.1) is 0 Å². The number of benzene rings is 1. The van der Waals surface area contributed by atoms with Gasteiger partial charge in [0.2, 0.25) is 0 Å². The van der Waals surface area contributed by atoms with Crippen LogP contribution in [0.2, 0.25) is 5.02 Å². The van der Waals surface area contributed by atoms with E-state index >= 15 is 0 Å². The normalized spacial score (nSPS) is 10.5. The number of anilines is 1. The van der Waals surface area contributed by atoms with Crippen molar-refractivity contribution in [3.05, 3.63) is 89.5 Å². The predicted octanol–water partition coefficient (Wildman–Crippen LogP) is 4.42. The van der Waals surface area contributed by atoms with Crippen LogP contribution in [-0.2, 0) is 12.8 Å². The van der Waals surface area contributed by atoms with Gasteiger partial charge in [-0.3, -0.25) is 9.97 Å². The van der Waals surface area contributed by atoms with Crippen LogP contribution in [0.1, 0.15) is 11.4 Å². The van der Waals surface area contributed by atoms with Crippen LogP contribution in [-0.4, -0.2) is 23.1 Å². The van der Waals surface area contributed by atoms with Crippen LogP contribution in [0.3, 0.4) is 0 Å². The van der Waals surface area contributed by atoms with E-state index in [1.54, 1.807) is 0 Å². The predicted molar refractivity (Wildman–Crippen MR) is 99.5 cm³/mol. The fraction of sp³-hybridized carbons (Fsp3) is 0.200. The summed E-state index contributed by atoms with van der Waals surface area (Å²) in [6.07, 6.45) is 5.48. The highest BCUT2D eigenvalue weighted by atomic mass is 35.5. The summed E-state index contributed by atoms with van der Waals surface area (Å²) in [5.74, 6) is 0. The molecule has 0 aliphatic heterocycles. The van der Waals surface area contributed by atoms with Crippen molar-refractivity contribution in [1.29, 1.82) is 0 Å². The quantitative estimate of drug-likeness (QED) is 0.639.